The molecule has 3 heterocycles. The Morgan fingerprint density at radius 3 is 2.67 bits per heavy atom. The van der Waals surface area contributed by atoms with E-state index >= 15 is 0 Å². The summed E-state index contributed by atoms with van der Waals surface area (Å²) in [6.07, 6.45) is 8.52. The van der Waals surface area contributed by atoms with Crippen LogP contribution in [0.25, 0.3) is 0 Å². The lowest BCUT2D eigenvalue weighted by molar-refractivity contribution is -0.132. The van der Waals surface area contributed by atoms with Crippen molar-refractivity contribution >= 4 is 11.8 Å². The molecular weight excluding hydrogens is 344 g/mol. The quantitative estimate of drug-likeness (QED) is 0.804. The first-order valence-electron chi connectivity index (χ1n) is 9.96. The molecule has 2 aliphatic rings. The van der Waals surface area contributed by atoms with Crippen LogP contribution in [0.4, 0.5) is 0 Å². The maximum Gasteiger partial charge on any atom is 0.252 e. The van der Waals surface area contributed by atoms with Gasteiger partial charge < -0.3 is 15.3 Å². The summed E-state index contributed by atoms with van der Waals surface area (Å²) in [4.78, 5) is 32.8. The van der Waals surface area contributed by atoms with E-state index in [9.17, 15) is 14.7 Å². The molecule has 3 rings (SSSR count). The highest BCUT2D eigenvalue weighted by Crippen LogP contribution is 2.22. The van der Waals surface area contributed by atoms with Crippen molar-refractivity contribution in [2.75, 3.05) is 39.3 Å². The van der Waals surface area contributed by atoms with E-state index in [-0.39, 0.29) is 18.4 Å². The lowest BCUT2D eigenvalue weighted by Crippen LogP contribution is -2.45. The highest BCUT2D eigenvalue weighted by molar-refractivity contribution is 5.93. The second-order valence-electron chi connectivity index (χ2n) is 7.72. The van der Waals surface area contributed by atoms with Crippen LogP contribution in [0.3, 0.4) is 0 Å². The van der Waals surface area contributed by atoms with Crippen molar-refractivity contribution in [2.24, 2.45) is 0 Å². The number of amides is 2. The monoisotopic (exact) mass is 374 g/mol. The van der Waals surface area contributed by atoms with Crippen molar-refractivity contribution in [3.8, 4) is 0 Å². The van der Waals surface area contributed by atoms with Crippen molar-refractivity contribution in [1.29, 1.82) is 0 Å². The van der Waals surface area contributed by atoms with E-state index in [0.29, 0.717) is 38.0 Å². The number of likely N-dealkylation sites (tertiary alicyclic amines) is 2. The molecule has 1 atom stereocenters. The zero-order chi connectivity index (χ0) is 19.1. The number of nitrogens with zero attached hydrogens (tertiary/aromatic N) is 3. The summed E-state index contributed by atoms with van der Waals surface area (Å²) in [5.74, 6) is -0.0839. The molecule has 2 saturated heterocycles. The minimum atomic E-state index is -0.974. The van der Waals surface area contributed by atoms with E-state index in [1.165, 1.54) is 25.5 Å². The number of aromatic nitrogens is 1. The fourth-order valence-electron chi connectivity index (χ4n) is 3.86. The SMILES string of the molecule is O=C(NC[C@@]1(O)CCCN(C(=O)CN2CCCCC2)CC1)c1cccnc1. The van der Waals surface area contributed by atoms with Crippen molar-refractivity contribution in [2.45, 2.75) is 44.1 Å². The van der Waals surface area contributed by atoms with E-state index < -0.39 is 5.60 Å². The zero-order valence-corrected chi connectivity index (χ0v) is 15.9. The van der Waals surface area contributed by atoms with Crippen LogP contribution < -0.4 is 5.32 Å². The van der Waals surface area contributed by atoms with Crippen LogP contribution in [-0.4, -0.2) is 76.6 Å². The maximum atomic E-state index is 12.6. The van der Waals surface area contributed by atoms with E-state index in [0.717, 1.165) is 19.5 Å². The van der Waals surface area contributed by atoms with Gasteiger partial charge in [-0.1, -0.05) is 6.42 Å². The molecule has 2 aliphatic heterocycles. The summed E-state index contributed by atoms with van der Waals surface area (Å²) < 4.78 is 0. The van der Waals surface area contributed by atoms with Gasteiger partial charge in [-0.2, -0.15) is 0 Å². The van der Waals surface area contributed by atoms with Gasteiger partial charge in [0.15, 0.2) is 0 Å². The lowest BCUT2D eigenvalue weighted by Gasteiger charge is -2.30. The molecular formula is C20H30N4O3. The van der Waals surface area contributed by atoms with Crippen LogP contribution in [0.1, 0.15) is 48.9 Å². The lowest BCUT2D eigenvalue weighted by atomic mass is 9.95. The molecule has 0 bridgehead atoms. The van der Waals surface area contributed by atoms with Gasteiger partial charge in [0, 0.05) is 32.0 Å². The number of carbonyl (C=O) groups excluding carboxylic acids is 2. The van der Waals surface area contributed by atoms with E-state index in [1.807, 2.05) is 4.90 Å². The number of aliphatic hydroxyl groups is 1. The second kappa shape index (κ2) is 9.28. The van der Waals surface area contributed by atoms with Crippen LogP contribution in [0.15, 0.2) is 24.5 Å². The molecule has 7 heteroatoms. The molecule has 27 heavy (non-hydrogen) atoms. The molecule has 1 aromatic rings. The Hall–Kier alpha value is -1.99. The molecule has 0 radical (unpaired) electrons. The van der Waals surface area contributed by atoms with Gasteiger partial charge in [-0.25, -0.2) is 0 Å². The van der Waals surface area contributed by atoms with E-state index in [1.54, 1.807) is 18.3 Å². The third-order valence-corrected chi connectivity index (χ3v) is 5.58. The fourth-order valence-corrected chi connectivity index (χ4v) is 3.86. The van der Waals surface area contributed by atoms with Crippen LogP contribution >= 0.6 is 0 Å². The number of carbonyl (C=O) groups is 2. The van der Waals surface area contributed by atoms with Crippen molar-refractivity contribution in [3.05, 3.63) is 30.1 Å². The van der Waals surface area contributed by atoms with E-state index in [4.69, 9.17) is 0 Å². The van der Waals surface area contributed by atoms with Gasteiger partial charge in [-0.05, 0) is 57.3 Å². The molecule has 2 N–H and O–H groups in total. The number of hydrogen-bond donors (Lipinski definition) is 2. The van der Waals surface area contributed by atoms with Gasteiger partial charge in [0.2, 0.25) is 5.91 Å². The van der Waals surface area contributed by atoms with Crippen molar-refractivity contribution < 1.29 is 14.7 Å². The molecule has 0 saturated carbocycles. The van der Waals surface area contributed by atoms with Gasteiger partial charge in [-0.15, -0.1) is 0 Å². The second-order valence-corrected chi connectivity index (χ2v) is 7.72. The number of hydrogen-bond acceptors (Lipinski definition) is 5. The number of rotatable bonds is 5. The average Bonchev–Trinajstić information content (AvgIpc) is 2.90. The molecule has 0 spiro atoms. The number of pyridine rings is 1. The normalized spacial score (nSPS) is 24.3. The predicted octanol–water partition coefficient (Wildman–Crippen LogP) is 1.04. The average molecular weight is 374 g/mol. The third-order valence-electron chi connectivity index (χ3n) is 5.58. The molecule has 0 unspecified atom stereocenters. The first-order chi connectivity index (χ1) is 13.1. The molecule has 0 aromatic carbocycles. The summed E-state index contributed by atoms with van der Waals surface area (Å²) in [5.41, 5.74) is -0.495. The molecule has 2 amide bonds. The van der Waals surface area contributed by atoms with Gasteiger partial charge in [-0.3, -0.25) is 19.5 Å². The summed E-state index contributed by atoms with van der Waals surface area (Å²) >= 11 is 0. The Labute approximate surface area is 160 Å². The van der Waals surface area contributed by atoms with Crippen molar-refractivity contribution in [3.63, 3.8) is 0 Å². The molecule has 7 nitrogen and oxygen atoms in total. The Morgan fingerprint density at radius 1 is 1.11 bits per heavy atom. The standard InChI is InChI=1S/C20H30N4O3/c25-18(15-23-10-2-1-3-11-23)24-12-5-7-20(27,8-13-24)16-22-19(26)17-6-4-9-21-14-17/h4,6,9,14,27H,1-3,5,7-8,10-13,15-16H2,(H,22,26)/t20-/m1/s1. The fraction of sp³-hybridized carbons (Fsp3) is 0.650. The van der Waals surface area contributed by atoms with Gasteiger partial charge in [0.1, 0.15) is 0 Å². The smallest absolute Gasteiger partial charge is 0.252 e. The molecule has 1 aromatic heterocycles. The topological polar surface area (TPSA) is 85.8 Å². The Bertz CT molecular complexity index is 633. The van der Waals surface area contributed by atoms with Crippen LogP contribution in [0.5, 0.6) is 0 Å². The molecule has 148 valence electrons. The summed E-state index contributed by atoms with van der Waals surface area (Å²) in [6.45, 7) is 3.89. The van der Waals surface area contributed by atoms with Crippen LogP contribution in [0, 0.1) is 0 Å². The van der Waals surface area contributed by atoms with Gasteiger partial charge in [0.25, 0.3) is 5.91 Å². The minimum absolute atomic E-state index is 0.153. The maximum absolute atomic E-state index is 12.6. The minimum Gasteiger partial charge on any atom is -0.388 e. The van der Waals surface area contributed by atoms with Crippen LogP contribution in [0.2, 0.25) is 0 Å². The summed E-state index contributed by atoms with van der Waals surface area (Å²) in [7, 11) is 0. The first kappa shape index (κ1) is 19.8. The highest BCUT2D eigenvalue weighted by atomic mass is 16.3. The van der Waals surface area contributed by atoms with Gasteiger partial charge in [0.05, 0.1) is 17.7 Å². The third kappa shape index (κ3) is 5.74. The summed E-state index contributed by atoms with van der Waals surface area (Å²) in [6, 6.07) is 3.40. The van der Waals surface area contributed by atoms with Crippen molar-refractivity contribution in [1.82, 2.24) is 20.1 Å². The predicted molar refractivity (Wildman–Crippen MR) is 102 cm³/mol. The number of nitrogens with one attached hydrogen (secondary N) is 1. The van der Waals surface area contributed by atoms with Crippen LogP contribution in [-0.2, 0) is 4.79 Å². The zero-order valence-electron chi connectivity index (χ0n) is 15.9. The largest absolute Gasteiger partial charge is 0.388 e. The van der Waals surface area contributed by atoms with Gasteiger partial charge >= 0.3 is 0 Å². The molecule has 0 aliphatic carbocycles. The highest BCUT2D eigenvalue weighted by Gasteiger charge is 2.32. The molecule has 2 fully saturated rings. The first-order valence-corrected chi connectivity index (χ1v) is 9.96. The Morgan fingerprint density at radius 2 is 1.93 bits per heavy atom. The Balaban J connectivity index is 1.47. The van der Waals surface area contributed by atoms with E-state index in [2.05, 4.69) is 15.2 Å². The number of piperidine rings is 1. The summed E-state index contributed by atoms with van der Waals surface area (Å²) in [5, 5.41) is 13.7. The Kier molecular flexibility index (Phi) is 6.79.